The topological polar surface area (TPSA) is 122 Å². The lowest BCUT2D eigenvalue weighted by atomic mass is 9.81. The fraction of sp³-hybridized carbons (Fsp3) is 0.500. The van der Waals surface area contributed by atoms with Crippen LogP contribution in [-0.4, -0.2) is 43.2 Å². The number of hydrogen-bond acceptors (Lipinski definition) is 6. The molecule has 3 heterocycles. The molecular weight excluding hydrogens is 472 g/mol. The molecule has 1 fully saturated rings. The maximum atomic E-state index is 13.0. The number of carbonyl (C=O) groups excluding carboxylic acids is 2. The van der Waals surface area contributed by atoms with Crippen LogP contribution in [0, 0.1) is 0 Å². The Morgan fingerprint density at radius 2 is 1.68 bits per heavy atom. The maximum absolute atomic E-state index is 13.0. The summed E-state index contributed by atoms with van der Waals surface area (Å²) in [4.78, 5) is 26.6. The van der Waals surface area contributed by atoms with Gasteiger partial charge < -0.3 is 16.4 Å². The smallest absolute Gasteiger partial charge is 0.256 e. The quantitative estimate of drug-likeness (QED) is 0.576. The van der Waals surface area contributed by atoms with E-state index in [0.717, 1.165) is 29.7 Å². The molecule has 2 aliphatic rings. The van der Waals surface area contributed by atoms with Crippen LogP contribution in [0.25, 0.3) is 0 Å². The van der Waals surface area contributed by atoms with Crippen molar-refractivity contribution >= 4 is 38.2 Å². The minimum absolute atomic E-state index is 0.172. The molecule has 1 aromatic carbocycles. The Bertz CT molecular complexity index is 1220. The zero-order chi connectivity index (χ0) is 24.9. The molecule has 4 N–H and O–H groups in total. The third-order valence-electron chi connectivity index (χ3n) is 6.39. The molecule has 2 amide bonds. The highest BCUT2D eigenvalue weighted by atomic mass is 32.2. The molecule has 34 heavy (non-hydrogen) atoms. The number of nitrogens with two attached hydrogens (primary N) is 1. The number of primary amides is 1. The van der Waals surface area contributed by atoms with E-state index < -0.39 is 21.8 Å². The van der Waals surface area contributed by atoms with Crippen molar-refractivity contribution in [3.63, 3.8) is 0 Å². The van der Waals surface area contributed by atoms with Gasteiger partial charge in [-0.05, 0) is 76.8 Å². The summed E-state index contributed by atoms with van der Waals surface area (Å²) < 4.78 is 27.2. The summed E-state index contributed by atoms with van der Waals surface area (Å²) in [6.45, 7) is 9.26. The number of fused-ring (bicyclic) bond motifs is 1. The maximum Gasteiger partial charge on any atom is 0.256 e. The van der Waals surface area contributed by atoms with Gasteiger partial charge in [0, 0.05) is 34.6 Å². The van der Waals surface area contributed by atoms with Gasteiger partial charge in [0.2, 0.25) is 10.0 Å². The molecule has 0 spiro atoms. The molecule has 184 valence electrons. The Kier molecular flexibility index (Phi) is 6.39. The number of piperidine rings is 1. The fourth-order valence-corrected chi connectivity index (χ4v) is 7.88. The Morgan fingerprint density at radius 1 is 1.06 bits per heavy atom. The lowest BCUT2D eigenvalue weighted by Crippen LogP contribution is -2.55. The van der Waals surface area contributed by atoms with Gasteiger partial charge in [-0.25, -0.2) is 8.42 Å². The van der Waals surface area contributed by atoms with Crippen molar-refractivity contribution < 1.29 is 18.0 Å². The first-order chi connectivity index (χ1) is 15.8. The van der Waals surface area contributed by atoms with E-state index in [1.165, 1.54) is 39.9 Å². The van der Waals surface area contributed by atoms with Crippen LogP contribution >= 0.6 is 11.3 Å². The van der Waals surface area contributed by atoms with Gasteiger partial charge in [0.25, 0.3) is 11.8 Å². The van der Waals surface area contributed by atoms with Gasteiger partial charge in [0.1, 0.15) is 5.00 Å². The van der Waals surface area contributed by atoms with Crippen LogP contribution in [0.2, 0.25) is 0 Å². The van der Waals surface area contributed by atoms with Gasteiger partial charge in [-0.3, -0.25) is 9.59 Å². The summed E-state index contributed by atoms with van der Waals surface area (Å²) in [5.74, 6) is -1.00. The number of nitrogens with one attached hydrogen (secondary N) is 2. The van der Waals surface area contributed by atoms with Crippen molar-refractivity contribution in [1.29, 1.82) is 0 Å². The van der Waals surface area contributed by atoms with Gasteiger partial charge in [0.05, 0.1) is 10.5 Å². The molecule has 0 bridgehead atoms. The number of sulfonamides is 1. The third kappa shape index (κ3) is 4.64. The average Bonchev–Trinajstić information content (AvgIpc) is 3.11. The molecule has 0 atom stereocenters. The van der Waals surface area contributed by atoms with E-state index in [1.54, 1.807) is 0 Å². The van der Waals surface area contributed by atoms with Crippen LogP contribution in [0.1, 0.15) is 78.1 Å². The Balaban J connectivity index is 1.60. The lowest BCUT2D eigenvalue weighted by Gasteiger charge is -2.42. The normalized spacial score (nSPS) is 19.9. The van der Waals surface area contributed by atoms with Crippen LogP contribution in [0.5, 0.6) is 0 Å². The number of hydrogen-bond donors (Lipinski definition) is 3. The summed E-state index contributed by atoms with van der Waals surface area (Å²) in [7, 11) is -3.57. The van der Waals surface area contributed by atoms with Crippen molar-refractivity contribution in [1.82, 2.24) is 9.62 Å². The third-order valence-corrected chi connectivity index (χ3v) is 9.77. The predicted molar refractivity (Wildman–Crippen MR) is 134 cm³/mol. The largest absolute Gasteiger partial charge is 0.365 e. The van der Waals surface area contributed by atoms with Crippen LogP contribution in [-0.2, 0) is 22.0 Å². The average molecular weight is 505 g/mol. The van der Waals surface area contributed by atoms with E-state index in [2.05, 4.69) is 24.5 Å². The number of nitrogens with zero attached hydrogens (tertiary/aromatic N) is 1. The molecule has 0 aliphatic carbocycles. The molecule has 2 aromatic rings. The minimum atomic E-state index is -3.57. The van der Waals surface area contributed by atoms with Crippen LogP contribution in [0.3, 0.4) is 0 Å². The number of amides is 2. The first-order valence-corrected chi connectivity index (χ1v) is 13.7. The van der Waals surface area contributed by atoms with E-state index in [0.29, 0.717) is 35.6 Å². The number of anilines is 1. The zero-order valence-electron chi connectivity index (χ0n) is 20.0. The zero-order valence-corrected chi connectivity index (χ0v) is 21.7. The molecule has 1 saturated heterocycles. The van der Waals surface area contributed by atoms with Crippen LogP contribution in [0.15, 0.2) is 29.2 Å². The SMILES string of the molecule is CC1(C)Cc2c(sc(NC(=O)c3ccc(S(=O)(=O)N4CCCCC4)cc3)c2C(N)=O)C(C)(C)N1. The standard InChI is InChI=1S/C24H32N4O4S2/c1-23(2)14-17-18(20(25)29)22(33-19(17)24(3,4)27-23)26-21(30)15-8-10-16(11-9-15)34(31,32)28-12-6-5-7-13-28/h8-11,27H,5-7,12-14H2,1-4H3,(H2,25,29)(H,26,30). The van der Waals surface area contributed by atoms with Crippen molar-refractivity contribution in [3.05, 3.63) is 45.8 Å². The molecule has 10 heteroatoms. The first-order valence-electron chi connectivity index (χ1n) is 11.5. The Morgan fingerprint density at radius 3 is 2.26 bits per heavy atom. The number of thiophene rings is 1. The molecule has 1 aromatic heterocycles. The van der Waals surface area contributed by atoms with Crippen LogP contribution < -0.4 is 16.4 Å². The van der Waals surface area contributed by atoms with Gasteiger partial charge in [0.15, 0.2) is 0 Å². The van der Waals surface area contributed by atoms with Gasteiger partial charge in [-0.1, -0.05) is 6.42 Å². The van der Waals surface area contributed by atoms with E-state index in [9.17, 15) is 18.0 Å². The second-order valence-electron chi connectivity index (χ2n) is 10.2. The van der Waals surface area contributed by atoms with E-state index in [4.69, 9.17) is 5.73 Å². The van der Waals surface area contributed by atoms with Crippen molar-refractivity contribution in [3.8, 4) is 0 Å². The predicted octanol–water partition coefficient (Wildman–Crippen LogP) is 3.43. The highest BCUT2D eigenvalue weighted by molar-refractivity contribution is 7.89. The highest BCUT2D eigenvalue weighted by Crippen LogP contribution is 2.45. The highest BCUT2D eigenvalue weighted by Gasteiger charge is 2.41. The number of rotatable bonds is 5. The molecule has 8 nitrogen and oxygen atoms in total. The van der Waals surface area contributed by atoms with E-state index in [1.807, 2.05) is 13.8 Å². The molecule has 0 unspecified atom stereocenters. The molecule has 2 aliphatic heterocycles. The van der Waals surface area contributed by atoms with Gasteiger partial charge >= 0.3 is 0 Å². The first kappa shape index (κ1) is 24.8. The summed E-state index contributed by atoms with van der Waals surface area (Å²) in [5.41, 5.74) is 6.63. The molecule has 0 radical (unpaired) electrons. The second kappa shape index (κ2) is 8.75. The van der Waals surface area contributed by atoms with Crippen molar-refractivity contribution in [2.45, 2.75) is 69.4 Å². The number of carbonyl (C=O) groups is 2. The Hall–Kier alpha value is -2.27. The fourth-order valence-electron chi connectivity index (χ4n) is 5.08. The van der Waals surface area contributed by atoms with Gasteiger partial charge in [-0.15, -0.1) is 11.3 Å². The summed E-state index contributed by atoms with van der Waals surface area (Å²) >= 11 is 1.35. The Labute approximate surface area is 205 Å². The minimum Gasteiger partial charge on any atom is -0.365 e. The summed E-state index contributed by atoms with van der Waals surface area (Å²) in [6.07, 6.45) is 3.36. The lowest BCUT2D eigenvalue weighted by molar-refractivity contribution is 0.0999. The summed E-state index contributed by atoms with van der Waals surface area (Å²) in [6, 6.07) is 5.92. The van der Waals surface area contributed by atoms with E-state index in [-0.39, 0.29) is 16.0 Å². The van der Waals surface area contributed by atoms with Crippen molar-refractivity contribution in [2.75, 3.05) is 18.4 Å². The van der Waals surface area contributed by atoms with Crippen LogP contribution in [0.4, 0.5) is 5.00 Å². The number of benzene rings is 1. The van der Waals surface area contributed by atoms with Crippen molar-refractivity contribution in [2.24, 2.45) is 5.73 Å². The van der Waals surface area contributed by atoms with E-state index >= 15 is 0 Å². The molecular formula is C24H32N4O4S2. The second-order valence-corrected chi connectivity index (χ2v) is 13.2. The van der Waals surface area contributed by atoms with Gasteiger partial charge in [-0.2, -0.15) is 4.31 Å². The molecule has 0 saturated carbocycles. The monoisotopic (exact) mass is 504 g/mol. The molecule has 4 rings (SSSR count). The summed E-state index contributed by atoms with van der Waals surface area (Å²) in [5, 5.41) is 6.84.